The maximum atomic E-state index is 12.8. The number of nitrogens with one attached hydrogen (secondary N) is 1. The Morgan fingerprint density at radius 1 is 1.07 bits per heavy atom. The molecule has 0 fully saturated rings. The van der Waals surface area contributed by atoms with Gasteiger partial charge in [-0.1, -0.05) is 36.4 Å². The molecule has 0 aliphatic heterocycles. The fourth-order valence-electron chi connectivity index (χ4n) is 2.86. The minimum Gasteiger partial charge on any atom is -0.383 e. The van der Waals surface area contributed by atoms with E-state index in [2.05, 4.69) is 36.2 Å². The summed E-state index contributed by atoms with van der Waals surface area (Å²) < 4.78 is 5.35. The Labute approximate surface area is 162 Å². The van der Waals surface area contributed by atoms with Crippen molar-refractivity contribution >= 4 is 17.4 Å². The highest BCUT2D eigenvalue weighted by atomic mass is 16.5. The van der Waals surface area contributed by atoms with E-state index in [9.17, 15) is 4.79 Å². The number of likely N-dealkylation sites (N-methyl/N-ethyl adjacent to an activating group) is 1. The van der Waals surface area contributed by atoms with Crippen LogP contribution >= 0.6 is 0 Å². The fourth-order valence-corrected chi connectivity index (χ4v) is 2.86. The Hall–Kier alpha value is -2.53. The molecule has 0 aromatic heterocycles. The molecule has 2 amide bonds. The van der Waals surface area contributed by atoms with E-state index in [1.54, 1.807) is 12.0 Å². The van der Waals surface area contributed by atoms with Crippen molar-refractivity contribution in [3.05, 3.63) is 60.2 Å². The number of rotatable bonds is 8. The SMILES string of the molecule is COCC(Cc1ccccc1)N(C)C(=O)Nc1cccc(N(C)C(C)C)c1. The molecule has 2 aromatic carbocycles. The van der Waals surface area contributed by atoms with Gasteiger partial charge in [-0.2, -0.15) is 0 Å². The predicted octanol–water partition coefficient (Wildman–Crippen LogP) is 4.25. The number of benzene rings is 2. The summed E-state index contributed by atoms with van der Waals surface area (Å²) >= 11 is 0. The van der Waals surface area contributed by atoms with Crippen molar-refractivity contribution in [1.82, 2.24) is 4.90 Å². The van der Waals surface area contributed by atoms with Crippen molar-refractivity contribution in [2.45, 2.75) is 32.4 Å². The highest BCUT2D eigenvalue weighted by Crippen LogP contribution is 2.20. The maximum Gasteiger partial charge on any atom is 0.321 e. The number of hydrogen-bond donors (Lipinski definition) is 1. The summed E-state index contributed by atoms with van der Waals surface area (Å²) in [6.45, 7) is 4.75. The Bertz CT molecular complexity index is 719. The molecule has 0 saturated carbocycles. The molecule has 0 aliphatic carbocycles. The number of anilines is 2. The monoisotopic (exact) mass is 369 g/mol. The molecule has 0 radical (unpaired) electrons. The number of hydrogen-bond acceptors (Lipinski definition) is 3. The minimum atomic E-state index is -0.141. The second kappa shape index (κ2) is 9.97. The van der Waals surface area contributed by atoms with Crippen molar-refractivity contribution in [1.29, 1.82) is 0 Å². The van der Waals surface area contributed by atoms with Crippen molar-refractivity contribution in [3.63, 3.8) is 0 Å². The van der Waals surface area contributed by atoms with E-state index in [1.807, 2.05) is 56.6 Å². The van der Waals surface area contributed by atoms with Crippen LogP contribution in [-0.2, 0) is 11.2 Å². The maximum absolute atomic E-state index is 12.8. The van der Waals surface area contributed by atoms with Crippen LogP contribution in [-0.4, -0.2) is 50.8 Å². The van der Waals surface area contributed by atoms with Crippen molar-refractivity contribution in [2.24, 2.45) is 0 Å². The average Bonchev–Trinajstić information content (AvgIpc) is 2.67. The largest absolute Gasteiger partial charge is 0.383 e. The molecule has 0 aliphatic rings. The van der Waals surface area contributed by atoms with Crippen LogP contribution in [0.25, 0.3) is 0 Å². The van der Waals surface area contributed by atoms with E-state index in [0.717, 1.165) is 17.8 Å². The van der Waals surface area contributed by atoms with E-state index in [0.29, 0.717) is 12.6 Å². The first-order chi connectivity index (χ1) is 12.9. The molecule has 0 spiro atoms. The Kier molecular flexibility index (Phi) is 7.67. The fraction of sp³-hybridized carbons (Fsp3) is 0.409. The summed E-state index contributed by atoms with van der Waals surface area (Å²) in [5, 5.41) is 3.01. The molecule has 5 heteroatoms. The summed E-state index contributed by atoms with van der Waals surface area (Å²) in [7, 11) is 5.52. The van der Waals surface area contributed by atoms with E-state index in [4.69, 9.17) is 4.74 Å². The smallest absolute Gasteiger partial charge is 0.321 e. The molecule has 0 heterocycles. The number of ether oxygens (including phenoxy) is 1. The third kappa shape index (κ3) is 6.00. The lowest BCUT2D eigenvalue weighted by atomic mass is 10.1. The highest BCUT2D eigenvalue weighted by molar-refractivity contribution is 5.90. The normalized spacial score (nSPS) is 11.9. The van der Waals surface area contributed by atoms with Gasteiger partial charge >= 0.3 is 6.03 Å². The van der Waals surface area contributed by atoms with Crippen LogP contribution in [0.4, 0.5) is 16.2 Å². The predicted molar refractivity (Wildman–Crippen MR) is 113 cm³/mol. The third-order valence-corrected chi connectivity index (χ3v) is 4.82. The zero-order chi connectivity index (χ0) is 19.8. The van der Waals surface area contributed by atoms with Crippen molar-refractivity contribution in [3.8, 4) is 0 Å². The molecule has 2 aromatic rings. The first-order valence-corrected chi connectivity index (χ1v) is 9.32. The molecule has 5 nitrogen and oxygen atoms in total. The van der Waals surface area contributed by atoms with Gasteiger partial charge in [0.1, 0.15) is 0 Å². The summed E-state index contributed by atoms with van der Waals surface area (Å²) in [5.41, 5.74) is 3.04. The van der Waals surface area contributed by atoms with E-state index >= 15 is 0 Å². The standard InChI is InChI=1S/C22H31N3O2/c1-17(2)24(3)20-13-9-12-19(15-20)23-22(26)25(4)21(16-27-5)14-18-10-7-6-8-11-18/h6-13,15,17,21H,14,16H2,1-5H3,(H,23,26). The number of urea groups is 1. The highest BCUT2D eigenvalue weighted by Gasteiger charge is 2.20. The van der Waals surface area contributed by atoms with Crippen LogP contribution in [0.5, 0.6) is 0 Å². The number of nitrogens with zero attached hydrogens (tertiary/aromatic N) is 2. The van der Waals surface area contributed by atoms with Gasteiger partial charge < -0.3 is 19.9 Å². The van der Waals surface area contributed by atoms with Crippen LogP contribution in [0.2, 0.25) is 0 Å². The Morgan fingerprint density at radius 2 is 1.78 bits per heavy atom. The second-order valence-electron chi connectivity index (χ2n) is 7.09. The van der Waals surface area contributed by atoms with Crippen LogP contribution in [0.1, 0.15) is 19.4 Å². The lowest BCUT2D eigenvalue weighted by Gasteiger charge is -2.28. The molecule has 2 rings (SSSR count). The summed E-state index contributed by atoms with van der Waals surface area (Å²) in [5.74, 6) is 0. The van der Waals surface area contributed by atoms with Crippen LogP contribution in [0.3, 0.4) is 0 Å². The van der Waals surface area contributed by atoms with Gasteiger partial charge in [-0.05, 0) is 44.0 Å². The van der Waals surface area contributed by atoms with Crippen molar-refractivity contribution < 1.29 is 9.53 Å². The van der Waals surface area contributed by atoms with Gasteiger partial charge in [-0.3, -0.25) is 0 Å². The van der Waals surface area contributed by atoms with Gasteiger partial charge in [-0.15, -0.1) is 0 Å². The van der Waals surface area contributed by atoms with Crippen molar-refractivity contribution in [2.75, 3.05) is 38.0 Å². The van der Waals surface area contributed by atoms with Gasteiger partial charge in [0.15, 0.2) is 0 Å². The summed E-state index contributed by atoms with van der Waals surface area (Å²) in [4.78, 5) is 16.7. The van der Waals surface area contributed by atoms with Crippen LogP contribution in [0, 0.1) is 0 Å². The topological polar surface area (TPSA) is 44.8 Å². The second-order valence-corrected chi connectivity index (χ2v) is 7.09. The quantitative estimate of drug-likeness (QED) is 0.756. The van der Waals surface area contributed by atoms with Gasteiger partial charge in [0.2, 0.25) is 0 Å². The molecule has 27 heavy (non-hydrogen) atoms. The zero-order valence-electron chi connectivity index (χ0n) is 17.0. The number of amides is 2. The molecular formula is C22H31N3O2. The lowest BCUT2D eigenvalue weighted by Crippen LogP contribution is -2.43. The molecule has 0 saturated heterocycles. The number of carbonyl (C=O) groups is 1. The zero-order valence-corrected chi connectivity index (χ0v) is 17.0. The minimum absolute atomic E-state index is 0.0427. The summed E-state index contributed by atoms with van der Waals surface area (Å²) in [6, 6.07) is 18.3. The molecule has 1 N–H and O–H groups in total. The molecule has 0 bridgehead atoms. The third-order valence-electron chi connectivity index (χ3n) is 4.82. The lowest BCUT2D eigenvalue weighted by molar-refractivity contribution is 0.120. The van der Waals surface area contributed by atoms with Gasteiger partial charge in [0, 0.05) is 38.6 Å². The molecule has 1 atom stereocenters. The van der Waals surface area contributed by atoms with Crippen LogP contribution in [0.15, 0.2) is 54.6 Å². The van der Waals surface area contributed by atoms with E-state index in [-0.39, 0.29) is 12.1 Å². The van der Waals surface area contributed by atoms with Crippen LogP contribution < -0.4 is 10.2 Å². The molecule has 1 unspecified atom stereocenters. The Morgan fingerprint density at radius 3 is 2.41 bits per heavy atom. The molecule has 146 valence electrons. The first-order valence-electron chi connectivity index (χ1n) is 9.32. The number of methoxy groups -OCH3 is 1. The van der Waals surface area contributed by atoms with Gasteiger partial charge in [-0.25, -0.2) is 4.79 Å². The first kappa shape index (κ1) is 20.8. The number of carbonyl (C=O) groups excluding carboxylic acids is 1. The summed E-state index contributed by atoms with van der Waals surface area (Å²) in [6.07, 6.45) is 0.745. The van der Waals surface area contributed by atoms with Gasteiger partial charge in [0.05, 0.1) is 12.6 Å². The van der Waals surface area contributed by atoms with Gasteiger partial charge in [0.25, 0.3) is 0 Å². The van der Waals surface area contributed by atoms with E-state index in [1.165, 1.54) is 5.56 Å². The Balaban J connectivity index is 2.07. The van der Waals surface area contributed by atoms with E-state index < -0.39 is 0 Å². The molecular weight excluding hydrogens is 338 g/mol. The average molecular weight is 370 g/mol.